The van der Waals surface area contributed by atoms with E-state index in [-0.39, 0.29) is 11.5 Å². The third-order valence-corrected chi connectivity index (χ3v) is 5.68. The molecule has 1 aliphatic heterocycles. The quantitative estimate of drug-likeness (QED) is 0.351. The molecule has 2 aromatic carbocycles. The van der Waals surface area contributed by atoms with Gasteiger partial charge in [0.15, 0.2) is 15.8 Å². The molecule has 0 bridgehead atoms. The molecule has 0 saturated carbocycles. The highest BCUT2D eigenvalue weighted by molar-refractivity contribution is 8.27. The van der Waals surface area contributed by atoms with Gasteiger partial charge in [0, 0.05) is 0 Å². The number of unbranched alkanes of at least 4 members (excludes halogenated alkanes) is 1. The summed E-state index contributed by atoms with van der Waals surface area (Å²) in [7, 11) is 1.57. The number of carbonyl (C=O) groups excluding carboxylic acids is 2. The van der Waals surface area contributed by atoms with Crippen molar-refractivity contribution in [3.05, 3.63) is 58.5 Å². The predicted molar refractivity (Wildman–Crippen MR) is 120 cm³/mol. The van der Waals surface area contributed by atoms with Crippen molar-refractivity contribution in [1.82, 2.24) is 0 Å². The van der Waals surface area contributed by atoms with Crippen LogP contribution in [0.25, 0.3) is 6.08 Å². The van der Waals surface area contributed by atoms with Crippen LogP contribution < -0.4 is 19.5 Å². The van der Waals surface area contributed by atoms with Crippen LogP contribution in [0, 0.1) is 0 Å². The molecule has 1 saturated heterocycles. The van der Waals surface area contributed by atoms with Gasteiger partial charge in [-0.15, -0.1) is 0 Å². The first-order valence-electron chi connectivity index (χ1n) is 9.34. The van der Waals surface area contributed by atoms with E-state index in [1.807, 2.05) is 12.1 Å². The maximum Gasteiger partial charge on any atom is 0.270 e. The Kier molecular flexibility index (Phi) is 7.12. The minimum absolute atomic E-state index is 0.0195. The number of carbonyl (C=O) groups is 2. The fraction of sp³-hybridized carbons (Fsp3) is 0.227. The number of thioether (sulfide) groups is 1. The molecule has 0 unspecified atom stereocenters. The molecule has 6 nitrogen and oxygen atoms in total. The van der Waals surface area contributed by atoms with E-state index in [2.05, 4.69) is 6.92 Å². The molecular weight excluding hydrogens is 422 g/mol. The Bertz CT molecular complexity index is 1020. The normalized spacial score (nSPS) is 15.0. The minimum atomic E-state index is -1.31. The van der Waals surface area contributed by atoms with Crippen LogP contribution in [0.5, 0.6) is 11.5 Å². The van der Waals surface area contributed by atoms with E-state index >= 15 is 0 Å². The van der Waals surface area contributed by atoms with Gasteiger partial charge in [0.1, 0.15) is 0 Å². The van der Waals surface area contributed by atoms with Gasteiger partial charge in [-0.25, -0.2) is 0 Å². The summed E-state index contributed by atoms with van der Waals surface area (Å²) in [5.74, 6) is -0.402. The van der Waals surface area contributed by atoms with E-state index in [0.29, 0.717) is 33.0 Å². The largest absolute Gasteiger partial charge is 0.545 e. The van der Waals surface area contributed by atoms with Crippen molar-refractivity contribution >= 4 is 51.9 Å². The lowest BCUT2D eigenvalue weighted by atomic mass is 10.1. The average Bonchev–Trinajstić information content (AvgIpc) is 3.02. The smallest absolute Gasteiger partial charge is 0.270 e. The number of hydrogen-bond donors (Lipinski definition) is 0. The molecule has 3 rings (SSSR count). The Balaban J connectivity index is 1.85. The van der Waals surface area contributed by atoms with Gasteiger partial charge in [-0.05, 0) is 47.9 Å². The molecule has 1 amide bonds. The van der Waals surface area contributed by atoms with Crippen molar-refractivity contribution in [3.63, 3.8) is 0 Å². The summed E-state index contributed by atoms with van der Waals surface area (Å²) in [4.78, 5) is 25.8. The van der Waals surface area contributed by atoms with Gasteiger partial charge in [0.2, 0.25) is 0 Å². The molecule has 30 heavy (non-hydrogen) atoms. The van der Waals surface area contributed by atoms with Gasteiger partial charge in [0.05, 0.1) is 30.3 Å². The van der Waals surface area contributed by atoms with Gasteiger partial charge < -0.3 is 19.4 Å². The number of ether oxygens (including phenoxy) is 2. The lowest BCUT2D eigenvalue weighted by Crippen LogP contribution is -2.28. The molecule has 1 aliphatic rings. The molecule has 1 heterocycles. The number of hydrogen-bond acceptors (Lipinski definition) is 7. The highest BCUT2D eigenvalue weighted by Gasteiger charge is 2.33. The number of thiocarbonyl (C=S) groups is 1. The first-order chi connectivity index (χ1) is 14.4. The summed E-state index contributed by atoms with van der Waals surface area (Å²) in [6.07, 6.45) is 3.71. The first kappa shape index (κ1) is 21.9. The molecule has 0 atom stereocenters. The molecule has 8 heteroatoms. The third-order valence-electron chi connectivity index (χ3n) is 4.37. The van der Waals surface area contributed by atoms with E-state index in [9.17, 15) is 14.7 Å². The van der Waals surface area contributed by atoms with Crippen molar-refractivity contribution in [2.75, 3.05) is 18.6 Å². The summed E-state index contributed by atoms with van der Waals surface area (Å²) < 4.78 is 11.5. The number of nitrogens with zero attached hydrogens (tertiary/aromatic N) is 1. The third kappa shape index (κ3) is 4.83. The van der Waals surface area contributed by atoms with Crippen LogP contribution in [0.15, 0.2) is 47.4 Å². The summed E-state index contributed by atoms with van der Waals surface area (Å²) in [6, 6.07) is 11.4. The second-order valence-electron chi connectivity index (χ2n) is 6.47. The second-order valence-corrected chi connectivity index (χ2v) is 8.14. The van der Waals surface area contributed by atoms with Crippen molar-refractivity contribution in [1.29, 1.82) is 0 Å². The number of anilines is 1. The molecule has 156 valence electrons. The minimum Gasteiger partial charge on any atom is -0.545 e. The molecule has 2 aromatic rings. The van der Waals surface area contributed by atoms with Gasteiger partial charge in [0.25, 0.3) is 5.91 Å². The number of carboxylic acid groups (broad SMARTS) is 1. The summed E-state index contributed by atoms with van der Waals surface area (Å²) in [5, 5.41) is 11.1. The van der Waals surface area contributed by atoms with Gasteiger partial charge in [-0.2, -0.15) is 0 Å². The molecule has 0 spiro atoms. The van der Waals surface area contributed by atoms with Crippen LogP contribution in [-0.4, -0.2) is 29.9 Å². The summed E-state index contributed by atoms with van der Waals surface area (Å²) >= 11 is 6.50. The van der Waals surface area contributed by atoms with E-state index in [0.717, 1.165) is 30.2 Å². The monoisotopic (exact) mass is 442 g/mol. The Morgan fingerprint density at radius 3 is 2.73 bits per heavy atom. The number of amides is 1. The zero-order valence-corrected chi connectivity index (χ0v) is 18.2. The summed E-state index contributed by atoms with van der Waals surface area (Å²) in [5.41, 5.74) is 1.13. The Labute approximate surface area is 184 Å². The number of aromatic carboxylic acids is 1. The van der Waals surface area contributed by atoms with Crippen LogP contribution in [0.1, 0.15) is 35.7 Å². The second kappa shape index (κ2) is 9.77. The lowest BCUT2D eigenvalue weighted by molar-refractivity contribution is -0.255. The lowest BCUT2D eigenvalue weighted by Gasteiger charge is -2.15. The standard InChI is InChI=1S/C22H21NO5S2/c1-3-4-10-28-17-9-8-14(11-18(17)27-2)12-19-20(24)23(22(29)30-19)16-7-5-6-15(13-16)21(25)26/h5-9,11-13H,3-4,10H2,1-2H3,(H,25,26)/p-1. The van der Waals surface area contributed by atoms with Crippen LogP contribution in [0.3, 0.4) is 0 Å². The highest BCUT2D eigenvalue weighted by atomic mass is 32.2. The van der Waals surface area contributed by atoms with E-state index in [4.69, 9.17) is 21.7 Å². The zero-order valence-electron chi connectivity index (χ0n) is 16.5. The number of carboxylic acids is 1. The zero-order chi connectivity index (χ0) is 21.7. The van der Waals surface area contributed by atoms with Crippen LogP contribution >= 0.6 is 24.0 Å². The maximum absolute atomic E-state index is 12.9. The fourth-order valence-electron chi connectivity index (χ4n) is 2.83. The van der Waals surface area contributed by atoms with Crippen LogP contribution in [0.4, 0.5) is 5.69 Å². The van der Waals surface area contributed by atoms with Crippen molar-refractivity contribution < 1.29 is 24.2 Å². The van der Waals surface area contributed by atoms with E-state index in [1.54, 1.807) is 31.4 Å². The molecule has 0 aliphatic carbocycles. The van der Waals surface area contributed by atoms with Gasteiger partial charge >= 0.3 is 0 Å². The number of rotatable bonds is 8. The predicted octanol–water partition coefficient (Wildman–Crippen LogP) is 3.64. The molecule has 0 N–H and O–H groups in total. The Hall–Kier alpha value is -2.84. The van der Waals surface area contributed by atoms with Gasteiger partial charge in [-0.1, -0.05) is 55.5 Å². The maximum atomic E-state index is 12.9. The molecule has 1 fully saturated rings. The molecular formula is C22H20NO5S2-. The van der Waals surface area contributed by atoms with Crippen LogP contribution in [-0.2, 0) is 4.79 Å². The number of benzene rings is 2. The average molecular weight is 443 g/mol. The first-order valence-corrected chi connectivity index (χ1v) is 10.6. The van der Waals surface area contributed by atoms with Gasteiger partial charge in [-0.3, -0.25) is 9.69 Å². The Morgan fingerprint density at radius 2 is 2.03 bits per heavy atom. The van der Waals surface area contributed by atoms with Crippen molar-refractivity contribution in [2.24, 2.45) is 0 Å². The van der Waals surface area contributed by atoms with E-state index < -0.39 is 5.97 Å². The SMILES string of the molecule is CCCCOc1ccc(C=C2SC(=S)N(c3cccc(C(=O)[O-])c3)C2=O)cc1OC. The molecule has 0 aromatic heterocycles. The van der Waals surface area contributed by atoms with E-state index in [1.165, 1.54) is 17.0 Å². The summed E-state index contributed by atoms with van der Waals surface area (Å²) in [6.45, 7) is 2.70. The highest BCUT2D eigenvalue weighted by Crippen LogP contribution is 2.37. The Morgan fingerprint density at radius 1 is 1.23 bits per heavy atom. The van der Waals surface area contributed by atoms with Crippen molar-refractivity contribution in [2.45, 2.75) is 19.8 Å². The number of methoxy groups -OCH3 is 1. The topological polar surface area (TPSA) is 78.9 Å². The van der Waals surface area contributed by atoms with Crippen LogP contribution in [0.2, 0.25) is 0 Å². The molecule has 0 radical (unpaired) electrons. The van der Waals surface area contributed by atoms with Crippen molar-refractivity contribution in [3.8, 4) is 11.5 Å². The fourth-order valence-corrected chi connectivity index (χ4v) is 4.13.